The Balaban J connectivity index is 1.45. The van der Waals surface area contributed by atoms with E-state index in [9.17, 15) is 19.2 Å². The SMILES string of the molecule is Cc1ccc(NC(=O)NC(=O)COC(=O)CCN2C(=O)C(C)Oc3ccccc32)c(C)c1. The third kappa shape index (κ3) is 5.63. The number of ether oxygens (including phenoxy) is 2. The molecule has 1 atom stereocenters. The lowest BCUT2D eigenvalue weighted by molar-refractivity contribution is -0.148. The Bertz CT molecular complexity index is 1050. The van der Waals surface area contributed by atoms with E-state index in [1.165, 1.54) is 4.90 Å². The number of carbonyl (C=O) groups is 4. The van der Waals surface area contributed by atoms with Crippen molar-refractivity contribution in [3.05, 3.63) is 53.6 Å². The Labute approximate surface area is 185 Å². The second kappa shape index (κ2) is 9.95. The van der Waals surface area contributed by atoms with Crippen molar-refractivity contribution < 1.29 is 28.7 Å². The highest BCUT2D eigenvalue weighted by molar-refractivity contribution is 6.02. The molecular weight excluding hydrogens is 414 g/mol. The third-order valence-electron chi connectivity index (χ3n) is 4.86. The number of esters is 1. The van der Waals surface area contributed by atoms with E-state index in [0.717, 1.165) is 11.1 Å². The van der Waals surface area contributed by atoms with E-state index in [1.54, 1.807) is 37.3 Å². The number of rotatable bonds is 6. The molecule has 1 aliphatic rings. The summed E-state index contributed by atoms with van der Waals surface area (Å²) >= 11 is 0. The molecule has 1 unspecified atom stereocenters. The standard InChI is InChI=1S/C23H25N3O6/c1-14-8-9-17(15(2)12-14)24-23(30)25-20(27)13-31-21(28)10-11-26-18-6-4-5-7-19(18)32-16(3)22(26)29/h4-9,12,16H,10-11,13H2,1-3H3,(H2,24,25,27,30). The molecule has 0 aromatic heterocycles. The molecule has 3 rings (SSSR count). The van der Waals surface area contributed by atoms with Crippen LogP contribution in [0.2, 0.25) is 0 Å². The number of nitrogens with one attached hydrogen (secondary N) is 2. The van der Waals surface area contributed by atoms with E-state index in [4.69, 9.17) is 9.47 Å². The number of imide groups is 1. The lowest BCUT2D eigenvalue weighted by Crippen LogP contribution is -2.45. The van der Waals surface area contributed by atoms with Crippen LogP contribution in [0.1, 0.15) is 24.5 Å². The Morgan fingerprint density at radius 3 is 2.62 bits per heavy atom. The molecule has 2 N–H and O–H groups in total. The summed E-state index contributed by atoms with van der Waals surface area (Å²) in [6.07, 6.45) is -0.781. The topological polar surface area (TPSA) is 114 Å². The first-order valence-electron chi connectivity index (χ1n) is 10.2. The van der Waals surface area contributed by atoms with Gasteiger partial charge in [0.05, 0.1) is 12.1 Å². The number of aryl methyl sites for hydroxylation is 2. The number of nitrogens with zero attached hydrogens (tertiary/aromatic N) is 1. The zero-order valence-electron chi connectivity index (χ0n) is 18.1. The minimum Gasteiger partial charge on any atom is -0.479 e. The van der Waals surface area contributed by atoms with Crippen molar-refractivity contribution in [1.29, 1.82) is 0 Å². The number of hydrogen-bond acceptors (Lipinski definition) is 6. The maximum Gasteiger partial charge on any atom is 0.325 e. The summed E-state index contributed by atoms with van der Waals surface area (Å²) < 4.78 is 10.5. The van der Waals surface area contributed by atoms with Crippen molar-refractivity contribution in [2.24, 2.45) is 0 Å². The second-order valence-corrected chi connectivity index (χ2v) is 7.45. The quantitative estimate of drug-likeness (QED) is 0.669. The van der Waals surface area contributed by atoms with Gasteiger partial charge in [-0.15, -0.1) is 0 Å². The van der Waals surface area contributed by atoms with Crippen LogP contribution in [0.25, 0.3) is 0 Å². The van der Waals surface area contributed by atoms with E-state index in [2.05, 4.69) is 10.6 Å². The molecule has 0 fully saturated rings. The first-order chi connectivity index (χ1) is 15.2. The first kappa shape index (κ1) is 22.8. The van der Waals surface area contributed by atoms with Crippen LogP contribution in [-0.2, 0) is 19.1 Å². The van der Waals surface area contributed by atoms with Crippen LogP contribution in [0.5, 0.6) is 5.75 Å². The molecule has 1 aliphatic heterocycles. The number of fused-ring (bicyclic) bond motifs is 1. The molecule has 0 bridgehead atoms. The van der Waals surface area contributed by atoms with Gasteiger partial charge in [0.15, 0.2) is 12.7 Å². The van der Waals surface area contributed by atoms with Gasteiger partial charge in [-0.05, 0) is 44.5 Å². The van der Waals surface area contributed by atoms with Gasteiger partial charge in [0, 0.05) is 12.2 Å². The van der Waals surface area contributed by atoms with Crippen LogP contribution in [0.3, 0.4) is 0 Å². The molecule has 0 spiro atoms. The van der Waals surface area contributed by atoms with Gasteiger partial charge in [-0.25, -0.2) is 4.79 Å². The number of hydrogen-bond donors (Lipinski definition) is 2. The molecule has 0 radical (unpaired) electrons. The van der Waals surface area contributed by atoms with E-state index >= 15 is 0 Å². The van der Waals surface area contributed by atoms with Crippen molar-refractivity contribution in [1.82, 2.24) is 5.32 Å². The Kier molecular flexibility index (Phi) is 7.09. The zero-order valence-corrected chi connectivity index (χ0v) is 18.1. The molecule has 0 saturated heterocycles. The summed E-state index contributed by atoms with van der Waals surface area (Å²) in [6, 6.07) is 11.8. The summed E-state index contributed by atoms with van der Waals surface area (Å²) in [5.41, 5.74) is 3.05. The van der Waals surface area contributed by atoms with Crippen LogP contribution in [-0.4, -0.2) is 43.1 Å². The largest absolute Gasteiger partial charge is 0.479 e. The van der Waals surface area contributed by atoms with Crippen molar-refractivity contribution in [3.63, 3.8) is 0 Å². The molecule has 2 aromatic carbocycles. The summed E-state index contributed by atoms with van der Waals surface area (Å²) in [6.45, 7) is 4.88. The number of urea groups is 1. The zero-order chi connectivity index (χ0) is 23.3. The number of para-hydroxylation sites is 2. The summed E-state index contributed by atoms with van der Waals surface area (Å²) in [5.74, 6) is -1.14. The first-order valence-corrected chi connectivity index (χ1v) is 10.2. The van der Waals surface area contributed by atoms with Crippen molar-refractivity contribution in [3.8, 4) is 5.75 Å². The fourth-order valence-corrected chi connectivity index (χ4v) is 3.28. The highest BCUT2D eigenvalue weighted by Gasteiger charge is 2.31. The number of benzene rings is 2. The predicted octanol–water partition coefficient (Wildman–Crippen LogP) is 2.70. The number of anilines is 2. The van der Waals surface area contributed by atoms with Crippen LogP contribution < -0.4 is 20.3 Å². The number of carbonyl (C=O) groups excluding carboxylic acids is 4. The third-order valence-corrected chi connectivity index (χ3v) is 4.86. The molecule has 32 heavy (non-hydrogen) atoms. The fourth-order valence-electron chi connectivity index (χ4n) is 3.28. The molecule has 0 aliphatic carbocycles. The van der Waals surface area contributed by atoms with Gasteiger partial charge in [-0.1, -0.05) is 29.8 Å². The smallest absolute Gasteiger partial charge is 0.325 e. The Hall–Kier alpha value is -3.88. The van der Waals surface area contributed by atoms with Crippen LogP contribution in [0.4, 0.5) is 16.2 Å². The molecule has 1 heterocycles. The van der Waals surface area contributed by atoms with Gasteiger partial charge in [0.2, 0.25) is 0 Å². The van der Waals surface area contributed by atoms with Crippen LogP contribution in [0.15, 0.2) is 42.5 Å². The van der Waals surface area contributed by atoms with E-state index in [0.29, 0.717) is 17.1 Å². The van der Waals surface area contributed by atoms with Gasteiger partial charge in [-0.3, -0.25) is 19.7 Å². The monoisotopic (exact) mass is 439 g/mol. The van der Waals surface area contributed by atoms with Crippen molar-refractivity contribution in [2.45, 2.75) is 33.3 Å². The number of amides is 4. The normalized spacial score (nSPS) is 14.8. The molecule has 168 valence electrons. The average Bonchev–Trinajstić information content (AvgIpc) is 2.74. The molecule has 0 saturated carbocycles. The van der Waals surface area contributed by atoms with E-state index in [1.807, 2.05) is 26.0 Å². The maximum absolute atomic E-state index is 12.4. The van der Waals surface area contributed by atoms with E-state index in [-0.39, 0.29) is 18.9 Å². The van der Waals surface area contributed by atoms with Gasteiger partial charge in [0.1, 0.15) is 5.75 Å². The van der Waals surface area contributed by atoms with Gasteiger partial charge in [0.25, 0.3) is 11.8 Å². The van der Waals surface area contributed by atoms with Crippen molar-refractivity contribution in [2.75, 3.05) is 23.4 Å². The molecule has 4 amide bonds. The Morgan fingerprint density at radius 1 is 1.12 bits per heavy atom. The predicted molar refractivity (Wildman–Crippen MR) is 118 cm³/mol. The highest BCUT2D eigenvalue weighted by atomic mass is 16.5. The molecule has 9 nitrogen and oxygen atoms in total. The minimum atomic E-state index is -0.762. The average molecular weight is 439 g/mol. The van der Waals surface area contributed by atoms with E-state index < -0.39 is 30.6 Å². The molecule has 2 aromatic rings. The summed E-state index contributed by atoms with van der Waals surface area (Å²) in [4.78, 5) is 49.9. The highest BCUT2D eigenvalue weighted by Crippen LogP contribution is 2.33. The fraction of sp³-hybridized carbons (Fsp3) is 0.304. The maximum atomic E-state index is 12.4. The molecule has 9 heteroatoms. The van der Waals surface area contributed by atoms with Gasteiger partial charge < -0.3 is 19.7 Å². The van der Waals surface area contributed by atoms with Crippen LogP contribution >= 0.6 is 0 Å². The summed E-state index contributed by atoms with van der Waals surface area (Å²) in [7, 11) is 0. The van der Waals surface area contributed by atoms with Gasteiger partial charge in [-0.2, -0.15) is 0 Å². The Morgan fingerprint density at radius 2 is 1.88 bits per heavy atom. The summed E-state index contributed by atoms with van der Waals surface area (Å²) in [5, 5.41) is 4.68. The van der Waals surface area contributed by atoms with Crippen LogP contribution in [0, 0.1) is 13.8 Å². The lowest BCUT2D eigenvalue weighted by atomic mass is 10.1. The second-order valence-electron chi connectivity index (χ2n) is 7.45. The van der Waals surface area contributed by atoms with Crippen molar-refractivity contribution >= 4 is 35.2 Å². The lowest BCUT2D eigenvalue weighted by Gasteiger charge is -2.32. The van der Waals surface area contributed by atoms with Gasteiger partial charge >= 0.3 is 12.0 Å². The molecular formula is C23H25N3O6. The minimum absolute atomic E-state index is 0.0805.